The van der Waals surface area contributed by atoms with Gasteiger partial charge in [-0.1, -0.05) is 50.1 Å². The molecule has 0 heterocycles. The molecule has 0 aliphatic rings. The molecule has 1 rings (SSSR count). The van der Waals surface area contributed by atoms with Crippen molar-refractivity contribution in [3.8, 4) is 0 Å². The molecule has 0 amide bonds. The standard InChI is InChI=1S/C17H30N2/c1-5-6-10-13-19(15(2)3)17(14-18-4)16-11-8-7-9-12-16/h7-9,11-12,15,17-18H,5-6,10,13-14H2,1-4H3. The molecular weight excluding hydrogens is 232 g/mol. The van der Waals surface area contributed by atoms with Gasteiger partial charge in [-0.25, -0.2) is 0 Å². The van der Waals surface area contributed by atoms with Gasteiger partial charge in [0.1, 0.15) is 0 Å². The predicted molar refractivity (Wildman–Crippen MR) is 84.5 cm³/mol. The number of hydrogen-bond donors (Lipinski definition) is 1. The summed E-state index contributed by atoms with van der Waals surface area (Å²) in [6.45, 7) is 9.07. The second kappa shape index (κ2) is 9.11. The van der Waals surface area contributed by atoms with Crippen LogP contribution in [0.1, 0.15) is 51.6 Å². The van der Waals surface area contributed by atoms with Crippen LogP contribution in [0.3, 0.4) is 0 Å². The molecule has 0 bridgehead atoms. The third-order valence-electron chi connectivity index (χ3n) is 3.67. The lowest BCUT2D eigenvalue weighted by Gasteiger charge is -2.35. The van der Waals surface area contributed by atoms with Crippen molar-refractivity contribution in [3.05, 3.63) is 35.9 Å². The summed E-state index contributed by atoms with van der Waals surface area (Å²) in [5, 5.41) is 3.35. The maximum atomic E-state index is 3.35. The number of hydrogen-bond acceptors (Lipinski definition) is 2. The first kappa shape index (κ1) is 16.2. The van der Waals surface area contributed by atoms with Crippen LogP contribution >= 0.6 is 0 Å². The highest BCUT2D eigenvalue weighted by Crippen LogP contribution is 2.23. The summed E-state index contributed by atoms with van der Waals surface area (Å²) in [7, 11) is 2.04. The SMILES string of the molecule is CCCCCN(C(C)C)C(CNC)c1ccccc1. The molecule has 0 fully saturated rings. The number of rotatable bonds is 9. The molecule has 1 unspecified atom stereocenters. The normalized spacial score (nSPS) is 13.2. The van der Waals surface area contributed by atoms with Crippen LogP contribution in [0.4, 0.5) is 0 Å². The summed E-state index contributed by atoms with van der Waals surface area (Å²) in [5.74, 6) is 0. The maximum absolute atomic E-state index is 3.35. The lowest BCUT2D eigenvalue weighted by Crippen LogP contribution is -2.40. The highest BCUT2D eigenvalue weighted by molar-refractivity contribution is 5.19. The molecule has 0 saturated carbocycles. The Morgan fingerprint density at radius 1 is 1.11 bits per heavy atom. The van der Waals surface area contributed by atoms with Gasteiger partial charge < -0.3 is 5.32 Å². The van der Waals surface area contributed by atoms with E-state index in [-0.39, 0.29) is 0 Å². The molecule has 2 heteroatoms. The molecule has 2 nitrogen and oxygen atoms in total. The predicted octanol–water partition coefficient (Wildman–Crippen LogP) is 3.85. The molecule has 1 aromatic carbocycles. The second-order valence-corrected chi connectivity index (χ2v) is 5.52. The molecule has 0 spiro atoms. The van der Waals surface area contributed by atoms with Crippen molar-refractivity contribution in [2.75, 3.05) is 20.1 Å². The molecule has 19 heavy (non-hydrogen) atoms. The van der Waals surface area contributed by atoms with Gasteiger partial charge in [-0.15, -0.1) is 0 Å². The van der Waals surface area contributed by atoms with Crippen LogP contribution in [-0.2, 0) is 0 Å². The van der Waals surface area contributed by atoms with Gasteiger partial charge >= 0.3 is 0 Å². The topological polar surface area (TPSA) is 15.3 Å². The zero-order chi connectivity index (χ0) is 14.1. The van der Waals surface area contributed by atoms with E-state index >= 15 is 0 Å². The summed E-state index contributed by atoms with van der Waals surface area (Å²) in [5.41, 5.74) is 1.42. The summed E-state index contributed by atoms with van der Waals surface area (Å²) >= 11 is 0. The third-order valence-corrected chi connectivity index (χ3v) is 3.67. The van der Waals surface area contributed by atoms with Crippen LogP contribution in [0, 0.1) is 0 Å². The Hall–Kier alpha value is -0.860. The molecule has 108 valence electrons. The number of likely N-dealkylation sites (N-methyl/N-ethyl adjacent to an activating group) is 1. The summed E-state index contributed by atoms with van der Waals surface area (Å²) < 4.78 is 0. The largest absolute Gasteiger partial charge is 0.318 e. The Balaban J connectivity index is 2.80. The zero-order valence-electron chi connectivity index (χ0n) is 13.0. The van der Waals surface area contributed by atoms with Crippen molar-refractivity contribution >= 4 is 0 Å². The van der Waals surface area contributed by atoms with Gasteiger partial charge in [0.25, 0.3) is 0 Å². The van der Waals surface area contributed by atoms with Crippen LogP contribution in [0.25, 0.3) is 0 Å². The molecule has 0 aromatic heterocycles. The fourth-order valence-corrected chi connectivity index (χ4v) is 2.61. The highest BCUT2D eigenvalue weighted by Gasteiger charge is 2.21. The van der Waals surface area contributed by atoms with E-state index in [4.69, 9.17) is 0 Å². The first-order valence-electron chi connectivity index (χ1n) is 7.66. The van der Waals surface area contributed by atoms with E-state index in [2.05, 4.69) is 61.3 Å². The van der Waals surface area contributed by atoms with Gasteiger partial charge in [-0.3, -0.25) is 4.90 Å². The van der Waals surface area contributed by atoms with Crippen LogP contribution < -0.4 is 5.32 Å². The Bertz CT molecular complexity index is 321. The van der Waals surface area contributed by atoms with Crippen molar-refractivity contribution in [2.45, 2.75) is 52.1 Å². The molecule has 1 N–H and O–H groups in total. The molecule has 0 saturated heterocycles. The smallest absolute Gasteiger partial charge is 0.0475 e. The minimum Gasteiger partial charge on any atom is -0.318 e. The lowest BCUT2D eigenvalue weighted by atomic mass is 10.0. The molecule has 1 aromatic rings. The number of benzene rings is 1. The van der Waals surface area contributed by atoms with E-state index in [0.717, 1.165) is 6.54 Å². The number of unbranched alkanes of at least 4 members (excludes halogenated alkanes) is 2. The van der Waals surface area contributed by atoms with Crippen molar-refractivity contribution in [1.29, 1.82) is 0 Å². The number of nitrogens with one attached hydrogen (secondary N) is 1. The summed E-state index contributed by atoms with van der Waals surface area (Å²) in [6, 6.07) is 11.9. The summed E-state index contributed by atoms with van der Waals surface area (Å²) in [4.78, 5) is 2.63. The quantitative estimate of drug-likeness (QED) is 0.680. The van der Waals surface area contributed by atoms with E-state index in [1.54, 1.807) is 0 Å². The fraction of sp³-hybridized carbons (Fsp3) is 0.647. The average molecular weight is 262 g/mol. The molecule has 0 aliphatic carbocycles. The van der Waals surface area contributed by atoms with Crippen molar-refractivity contribution in [3.63, 3.8) is 0 Å². The Kier molecular flexibility index (Phi) is 7.76. The van der Waals surface area contributed by atoms with Gasteiger partial charge in [0, 0.05) is 18.6 Å². The fourth-order valence-electron chi connectivity index (χ4n) is 2.61. The Morgan fingerprint density at radius 2 is 1.79 bits per heavy atom. The van der Waals surface area contributed by atoms with E-state index < -0.39 is 0 Å². The van der Waals surface area contributed by atoms with E-state index in [9.17, 15) is 0 Å². The maximum Gasteiger partial charge on any atom is 0.0475 e. The highest BCUT2D eigenvalue weighted by atomic mass is 15.2. The molecule has 0 aliphatic heterocycles. The first-order valence-corrected chi connectivity index (χ1v) is 7.66. The van der Waals surface area contributed by atoms with Gasteiger partial charge in [0.2, 0.25) is 0 Å². The van der Waals surface area contributed by atoms with Crippen LogP contribution in [0.15, 0.2) is 30.3 Å². The third kappa shape index (κ3) is 5.33. The summed E-state index contributed by atoms with van der Waals surface area (Å²) in [6.07, 6.45) is 3.90. The van der Waals surface area contributed by atoms with Gasteiger partial charge in [0.05, 0.1) is 0 Å². The van der Waals surface area contributed by atoms with Gasteiger partial charge in [-0.2, -0.15) is 0 Å². The lowest BCUT2D eigenvalue weighted by molar-refractivity contribution is 0.148. The second-order valence-electron chi connectivity index (χ2n) is 5.52. The Labute approximate surface area is 119 Å². The van der Waals surface area contributed by atoms with E-state index in [0.29, 0.717) is 12.1 Å². The zero-order valence-corrected chi connectivity index (χ0v) is 13.0. The number of nitrogens with zero attached hydrogens (tertiary/aromatic N) is 1. The van der Waals surface area contributed by atoms with Crippen LogP contribution in [-0.4, -0.2) is 31.1 Å². The first-order chi connectivity index (χ1) is 9.20. The van der Waals surface area contributed by atoms with Crippen molar-refractivity contribution < 1.29 is 0 Å². The van der Waals surface area contributed by atoms with E-state index in [1.807, 2.05) is 7.05 Å². The van der Waals surface area contributed by atoms with Crippen molar-refractivity contribution in [2.24, 2.45) is 0 Å². The average Bonchev–Trinajstić information content (AvgIpc) is 2.42. The minimum atomic E-state index is 0.475. The van der Waals surface area contributed by atoms with Crippen molar-refractivity contribution in [1.82, 2.24) is 10.2 Å². The van der Waals surface area contributed by atoms with Crippen LogP contribution in [0.2, 0.25) is 0 Å². The van der Waals surface area contributed by atoms with Gasteiger partial charge in [0.15, 0.2) is 0 Å². The van der Waals surface area contributed by atoms with Gasteiger partial charge in [-0.05, 0) is 39.4 Å². The molecular formula is C17H30N2. The Morgan fingerprint density at radius 3 is 2.32 bits per heavy atom. The van der Waals surface area contributed by atoms with Crippen LogP contribution in [0.5, 0.6) is 0 Å². The minimum absolute atomic E-state index is 0.475. The van der Waals surface area contributed by atoms with E-state index in [1.165, 1.54) is 31.4 Å². The molecule has 0 radical (unpaired) electrons. The monoisotopic (exact) mass is 262 g/mol. The molecule has 1 atom stereocenters.